The van der Waals surface area contributed by atoms with Crippen LogP contribution in [-0.4, -0.2) is 17.7 Å². The molecular formula is C12H16ClNO. The first kappa shape index (κ1) is 10.9. The van der Waals surface area contributed by atoms with E-state index in [0.717, 1.165) is 6.61 Å². The molecule has 1 heterocycles. The molecule has 0 aromatic carbocycles. The van der Waals surface area contributed by atoms with E-state index in [9.17, 15) is 0 Å². The SMILES string of the molecule is CCO[C@H]1CCC[C@@H]1c1ccc(Cl)nc1. The predicted octanol–water partition coefficient (Wildman–Crippen LogP) is 3.41. The largest absolute Gasteiger partial charge is 0.378 e. The summed E-state index contributed by atoms with van der Waals surface area (Å²) < 4.78 is 5.74. The molecule has 1 aliphatic carbocycles. The van der Waals surface area contributed by atoms with Crippen LogP contribution in [-0.2, 0) is 4.74 Å². The van der Waals surface area contributed by atoms with Crippen molar-refractivity contribution >= 4 is 11.6 Å². The van der Waals surface area contributed by atoms with Crippen LogP contribution in [0.5, 0.6) is 0 Å². The Bertz CT molecular complexity index is 312. The second-order valence-corrected chi connectivity index (χ2v) is 4.33. The first-order valence-corrected chi connectivity index (χ1v) is 5.92. The van der Waals surface area contributed by atoms with Crippen LogP contribution in [0.2, 0.25) is 5.15 Å². The molecular weight excluding hydrogens is 210 g/mol. The Kier molecular flexibility index (Phi) is 3.60. The Morgan fingerprint density at radius 3 is 3.00 bits per heavy atom. The summed E-state index contributed by atoms with van der Waals surface area (Å²) in [7, 11) is 0. The average Bonchev–Trinajstić information content (AvgIpc) is 2.68. The number of ether oxygens (including phenoxy) is 1. The fourth-order valence-corrected chi connectivity index (χ4v) is 2.44. The molecule has 0 spiro atoms. The van der Waals surface area contributed by atoms with E-state index < -0.39 is 0 Å². The van der Waals surface area contributed by atoms with E-state index in [4.69, 9.17) is 16.3 Å². The van der Waals surface area contributed by atoms with Gasteiger partial charge in [-0.2, -0.15) is 0 Å². The third-order valence-electron chi connectivity index (χ3n) is 3.01. The van der Waals surface area contributed by atoms with Crippen LogP contribution >= 0.6 is 11.6 Å². The van der Waals surface area contributed by atoms with Crippen molar-refractivity contribution in [3.05, 3.63) is 29.0 Å². The van der Waals surface area contributed by atoms with E-state index in [1.807, 2.05) is 12.3 Å². The molecule has 15 heavy (non-hydrogen) atoms. The molecule has 0 unspecified atom stereocenters. The highest BCUT2D eigenvalue weighted by Crippen LogP contribution is 2.36. The second-order valence-electron chi connectivity index (χ2n) is 3.95. The summed E-state index contributed by atoms with van der Waals surface area (Å²) in [4.78, 5) is 4.13. The molecule has 1 fully saturated rings. The smallest absolute Gasteiger partial charge is 0.129 e. The third kappa shape index (κ3) is 2.50. The number of aromatic nitrogens is 1. The number of halogens is 1. The van der Waals surface area contributed by atoms with Crippen LogP contribution in [0.4, 0.5) is 0 Å². The minimum Gasteiger partial charge on any atom is -0.378 e. The van der Waals surface area contributed by atoms with Crippen molar-refractivity contribution in [3.63, 3.8) is 0 Å². The highest BCUT2D eigenvalue weighted by atomic mass is 35.5. The van der Waals surface area contributed by atoms with E-state index >= 15 is 0 Å². The van der Waals surface area contributed by atoms with E-state index in [1.165, 1.54) is 24.8 Å². The van der Waals surface area contributed by atoms with Crippen LogP contribution < -0.4 is 0 Å². The molecule has 2 rings (SSSR count). The Balaban J connectivity index is 2.11. The zero-order chi connectivity index (χ0) is 10.7. The number of nitrogens with zero attached hydrogens (tertiary/aromatic N) is 1. The van der Waals surface area contributed by atoms with Crippen LogP contribution in [0, 0.1) is 0 Å². The monoisotopic (exact) mass is 225 g/mol. The van der Waals surface area contributed by atoms with Crippen LogP contribution in [0.15, 0.2) is 18.3 Å². The highest BCUT2D eigenvalue weighted by molar-refractivity contribution is 6.29. The van der Waals surface area contributed by atoms with E-state index in [2.05, 4.69) is 18.0 Å². The highest BCUT2D eigenvalue weighted by Gasteiger charge is 2.28. The van der Waals surface area contributed by atoms with Crippen molar-refractivity contribution in [2.24, 2.45) is 0 Å². The summed E-state index contributed by atoms with van der Waals surface area (Å²) in [6, 6.07) is 3.93. The molecule has 0 radical (unpaired) electrons. The Morgan fingerprint density at radius 2 is 2.33 bits per heavy atom. The van der Waals surface area contributed by atoms with Gasteiger partial charge in [0.2, 0.25) is 0 Å². The van der Waals surface area contributed by atoms with Crippen LogP contribution in [0.3, 0.4) is 0 Å². The first-order valence-electron chi connectivity index (χ1n) is 5.54. The molecule has 0 saturated heterocycles. The molecule has 0 aliphatic heterocycles. The predicted molar refractivity (Wildman–Crippen MR) is 61.3 cm³/mol. The topological polar surface area (TPSA) is 22.1 Å². The average molecular weight is 226 g/mol. The van der Waals surface area contributed by atoms with Gasteiger partial charge in [-0.05, 0) is 31.4 Å². The van der Waals surface area contributed by atoms with Gasteiger partial charge in [0.15, 0.2) is 0 Å². The maximum Gasteiger partial charge on any atom is 0.129 e. The molecule has 3 heteroatoms. The van der Waals surface area contributed by atoms with Crippen molar-refractivity contribution < 1.29 is 4.74 Å². The summed E-state index contributed by atoms with van der Waals surface area (Å²) in [6.07, 6.45) is 5.87. The van der Waals surface area contributed by atoms with Crippen LogP contribution in [0.25, 0.3) is 0 Å². The van der Waals surface area contributed by atoms with Gasteiger partial charge < -0.3 is 4.74 Å². The van der Waals surface area contributed by atoms with Gasteiger partial charge in [0, 0.05) is 18.7 Å². The maximum absolute atomic E-state index is 5.77. The molecule has 2 nitrogen and oxygen atoms in total. The van der Waals surface area contributed by atoms with Crippen molar-refractivity contribution in [1.29, 1.82) is 0 Å². The summed E-state index contributed by atoms with van der Waals surface area (Å²) in [6.45, 7) is 2.84. The molecule has 1 aliphatic rings. The Labute approximate surface area is 95.6 Å². The number of hydrogen-bond acceptors (Lipinski definition) is 2. The van der Waals surface area contributed by atoms with Gasteiger partial charge in [-0.3, -0.25) is 0 Å². The van der Waals surface area contributed by atoms with Crippen molar-refractivity contribution in [2.45, 2.75) is 38.2 Å². The van der Waals surface area contributed by atoms with Crippen LogP contribution in [0.1, 0.15) is 37.7 Å². The normalized spacial score (nSPS) is 25.7. The van der Waals surface area contributed by atoms with Gasteiger partial charge in [0.05, 0.1) is 6.10 Å². The first-order chi connectivity index (χ1) is 7.31. The van der Waals surface area contributed by atoms with Gasteiger partial charge in [-0.1, -0.05) is 24.1 Å². The van der Waals surface area contributed by atoms with Gasteiger partial charge >= 0.3 is 0 Å². The lowest BCUT2D eigenvalue weighted by Crippen LogP contribution is -2.16. The van der Waals surface area contributed by atoms with Crippen molar-refractivity contribution in [3.8, 4) is 0 Å². The molecule has 0 bridgehead atoms. The van der Waals surface area contributed by atoms with E-state index in [0.29, 0.717) is 17.2 Å². The molecule has 0 amide bonds. The van der Waals surface area contributed by atoms with Gasteiger partial charge in [0.1, 0.15) is 5.15 Å². The molecule has 0 N–H and O–H groups in total. The van der Waals surface area contributed by atoms with Gasteiger partial charge in [-0.25, -0.2) is 4.98 Å². The minimum atomic E-state index is 0.373. The number of pyridine rings is 1. The molecule has 1 aromatic heterocycles. The van der Waals surface area contributed by atoms with Gasteiger partial charge in [0.25, 0.3) is 0 Å². The van der Waals surface area contributed by atoms with E-state index in [1.54, 1.807) is 0 Å². The zero-order valence-corrected chi connectivity index (χ0v) is 9.70. The van der Waals surface area contributed by atoms with Gasteiger partial charge in [-0.15, -0.1) is 0 Å². The summed E-state index contributed by atoms with van der Waals surface area (Å²) >= 11 is 5.77. The second kappa shape index (κ2) is 4.95. The number of hydrogen-bond donors (Lipinski definition) is 0. The Morgan fingerprint density at radius 1 is 1.47 bits per heavy atom. The summed E-state index contributed by atoms with van der Waals surface area (Å²) in [5.41, 5.74) is 1.26. The maximum atomic E-state index is 5.77. The molecule has 1 aromatic rings. The fraction of sp³-hybridized carbons (Fsp3) is 0.583. The summed E-state index contributed by atoms with van der Waals surface area (Å²) in [5, 5.41) is 0.560. The fourth-order valence-electron chi connectivity index (χ4n) is 2.33. The van der Waals surface area contributed by atoms with E-state index in [-0.39, 0.29) is 0 Å². The quantitative estimate of drug-likeness (QED) is 0.736. The molecule has 82 valence electrons. The lowest BCUT2D eigenvalue weighted by Gasteiger charge is -2.19. The zero-order valence-electron chi connectivity index (χ0n) is 8.95. The number of rotatable bonds is 3. The third-order valence-corrected chi connectivity index (χ3v) is 3.24. The summed E-state index contributed by atoms with van der Waals surface area (Å²) in [5.74, 6) is 0.509. The lowest BCUT2D eigenvalue weighted by molar-refractivity contribution is 0.0561. The molecule has 2 atom stereocenters. The minimum absolute atomic E-state index is 0.373. The Hall–Kier alpha value is -0.600. The lowest BCUT2D eigenvalue weighted by atomic mass is 9.97. The van der Waals surface area contributed by atoms with Crippen molar-refractivity contribution in [1.82, 2.24) is 4.98 Å². The molecule has 1 saturated carbocycles. The standard InChI is InChI=1S/C12H16ClNO/c1-2-15-11-5-3-4-10(11)9-6-7-12(13)14-8-9/h6-8,10-11H,2-5H2,1H3/t10-,11+/m1/s1. The van der Waals surface area contributed by atoms with Crippen molar-refractivity contribution in [2.75, 3.05) is 6.61 Å².